The van der Waals surface area contributed by atoms with Gasteiger partial charge in [-0.05, 0) is 83.5 Å². The van der Waals surface area contributed by atoms with Gasteiger partial charge in [0.1, 0.15) is 6.10 Å². The lowest BCUT2D eigenvalue weighted by molar-refractivity contribution is -0.149. The molecule has 0 fully saturated rings. The third-order valence-corrected chi connectivity index (χ3v) is 9.08. The Hall–Kier alpha value is -2.75. The van der Waals surface area contributed by atoms with Crippen molar-refractivity contribution in [3.63, 3.8) is 0 Å². The fourth-order valence-electron chi connectivity index (χ4n) is 5.56. The molecule has 0 heterocycles. The summed E-state index contributed by atoms with van der Waals surface area (Å²) in [6.45, 7) is 14.1. The molecule has 0 saturated carbocycles. The highest BCUT2D eigenvalue weighted by Crippen LogP contribution is 2.25. The van der Waals surface area contributed by atoms with Gasteiger partial charge in [0.05, 0.1) is 11.4 Å². The first-order valence-electron chi connectivity index (χ1n) is 19.2. The van der Waals surface area contributed by atoms with Crippen LogP contribution in [0.2, 0.25) is 0 Å². The van der Waals surface area contributed by atoms with Gasteiger partial charge < -0.3 is 15.2 Å². The number of ether oxygens (including phenoxy) is 1. The Balaban J connectivity index is 4.72. The Labute approximate surface area is 311 Å². The molecule has 3 N–H and O–H groups in total. The number of hydrogen-bond donors (Lipinski definition) is 3. The first kappa shape index (κ1) is 48.2. The number of amides is 1. The highest BCUT2D eigenvalue weighted by molar-refractivity contribution is 7.85. The second-order valence-corrected chi connectivity index (χ2v) is 16.1. The van der Waals surface area contributed by atoms with Crippen LogP contribution >= 0.6 is 0 Å². The normalized spacial score (nSPS) is 14.6. The van der Waals surface area contributed by atoms with E-state index >= 15 is 0 Å². The molecule has 3 atom stereocenters. The summed E-state index contributed by atoms with van der Waals surface area (Å²) in [5.41, 5.74) is -0.0234. The molecule has 0 aliphatic rings. The third kappa shape index (κ3) is 35.4. The Morgan fingerprint density at radius 3 is 1.90 bits per heavy atom. The first-order chi connectivity index (χ1) is 24.1. The zero-order valence-corrected chi connectivity index (χ0v) is 33.3. The number of rotatable bonds is 31. The van der Waals surface area contributed by atoms with E-state index in [1.165, 1.54) is 0 Å². The predicted molar refractivity (Wildman–Crippen MR) is 213 cm³/mol. The molecule has 1 amide bonds. The number of carbonyl (C=O) groups excluding carboxylic acids is 2. The maximum atomic E-state index is 12.8. The van der Waals surface area contributed by atoms with Gasteiger partial charge in [0, 0.05) is 25.8 Å². The average molecular weight is 734 g/mol. The molecule has 1 unspecified atom stereocenters. The second-order valence-electron chi connectivity index (χ2n) is 14.6. The molecule has 51 heavy (non-hydrogen) atoms. The van der Waals surface area contributed by atoms with Crippen molar-refractivity contribution in [2.45, 2.75) is 155 Å². The van der Waals surface area contributed by atoms with Gasteiger partial charge in [0.2, 0.25) is 5.91 Å². The van der Waals surface area contributed by atoms with Crippen molar-refractivity contribution in [3.8, 4) is 0 Å². The van der Waals surface area contributed by atoms with Crippen LogP contribution in [0.5, 0.6) is 0 Å². The summed E-state index contributed by atoms with van der Waals surface area (Å²) in [5, 5.41) is 12.4. The number of allylic oxidation sites excluding steroid dienone is 10. The van der Waals surface area contributed by atoms with Crippen LogP contribution in [0.3, 0.4) is 0 Å². The molecule has 0 saturated heterocycles. The molecule has 0 aromatic heterocycles. The van der Waals surface area contributed by atoms with Gasteiger partial charge >= 0.3 is 5.97 Å². The summed E-state index contributed by atoms with van der Waals surface area (Å²) in [6, 6.07) is 0. The van der Waals surface area contributed by atoms with E-state index in [0.717, 1.165) is 77.0 Å². The highest BCUT2D eigenvalue weighted by Gasteiger charge is 2.20. The van der Waals surface area contributed by atoms with Gasteiger partial charge in [0.15, 0.2) is 0 Å². The van der Waals surface area contributed by atoms with Crippen LogP contribution in [0.25, 0.3) is 0 Å². The van der Waals surface area contributed by atoms with Gasteiger partial charge in [0.25, 0.3) is 10.1 Å². The molecule has 0 bridgehead atoms. The monoisotopic (exact) mass is 733 g/mol. The molecule has 9 heteroatoms. The summed E-state index contributed by atoms with van der Waals surface area (Å²) in [6.07, 6.45) is 34.8. The van der Waals surface area contributed by atoms with Crippen molar-refractivity contribution in [2.24, 2.45) is 11.8 Å². The van der Waals surface area contributed by atoms with Crippen LogP contribution in [-0.4, -0.2) is 54.0 Å². The van der Waals surface area contributed by atoms with Crippen molar-refractivity contribution in [3.05, 3.63) is 72.9 Å². The summed E-state index contributed by atoms with van der Waals surface area (Å²) in [7, 11) is -4.16. The Bertz CT molecular complexity index is 1210. The lowest BCUT2D eigenvalue weighted by Gasteiger charge is -2.23. The summed E-state index contributed by atoms with van der Waals surface area (Å²) < 4.78 is 36.7. The lowest BCUT2D eigenvalue weighted by atomic mass is 9.90. The quantitative estimate of drug-likeness (QED) is 0.0280. The van der Waals surface area contributed by atoms with Crippen LogP contribution in [0.1, 0.15) is 144 Å². The van der Waals surface area contributed by atoms with Crippen LogP contribution in [0.4, 0.5) is 0 Å². The molecule has 0 spiro atoms. The van der Waals surface area contributed by atoms with Crippen molar-refractivity contribution in [1.82, 2.24) is 5.32 Å². The number of nitrogens with one attached hydrogen (secondary N) is 1. The fraction of sp³-hybridized carbons (Fsp3) is 0.667. The zero-order chi connectivity index (χ0) is 38.4. The summed E-state index contributed by atoms with van der Waals surface area (Å²) >= 11 is 0. The average Bonchev–Trinajstić information content (AvgIpc) is 3.01. The Morgan fingerprint density at radius 2 is 1.35 bits per heavy atom. The van der Waals surface area contributed by atoms with Crippen molar-refractivity contribution in [2.75, 3.05) is 12.3 Å². The molecular weight excluding hydrogens is 663 g/mol. The first-order valence-corrected chi connectivity index (χ1v) is 20.8. The number of unbranched alkanes of at least 4 members (excludes halogenated alkanes) is 1. The zero-order valence-electron chi connectivity index (χ0n) is 32.5. The number of hydrogen-bond acceptors (Lipinski definition) is 6. The number of esters is 1. The van der Waals surface area contributed by atoms with Gasteiger partial charge in [-0.25, -0.2) is 0 Å². The van der Waals surface area contributed by atoms with Crippen molar-refractivity contribution >= 4 is 22.0 Å². The maximum absolute atomic E-state index is 12.8. The Morgan fingerprint density at radius 1 is 0.824 bits per heavy atom. The minimum atomic E-state index is -4.16. The molecule has 8 nitrogen and oxygen atoms in total. The van der Waals surface area contributed by atoms with Gasteiger partial charge in [-0.1, -0.05) is 126 Å². The SMILES string of the molecule is C=C(CC(=O)NCCS(=O)(=O)O)CC(C[C@H](C)CCC[C@H](C)CCCC(C)(C)O)OC(=O)CCC/C=C\C/C=C\C/C=C\C/C=C\C/C=C\CC. The minimum absolute atomic E-state index is 0.0138. The molecular formula is C42H71NO7S. The molecule has 0 rings (SSSR count). The van der Waals surface area contributed by atoms with Gasteiger partial charge in [-0.15, -0.1) is 0 Å². The van der Waals surface area contributed by atoms with E-state index in [0.29, 0.717) is 43.1 Å². The van der Waals surface area contributed by atoms with Crippen LogP contribution in [-0.2, 0) is 24.4 Å². The topological polar surface area (TPSA) is 130 Å². The smallest absolute Gasteiger partial charge is 0.306 e. The largest absolute Gasteiger partial charge is 0.462 e. The predicted octanol–water partition coefficient (Wildman–Crippen LogP) is 9.93. The number of aliphatic hydroxyl groups is 1. The Kier molecular flexibility index (Phi) is 28.2. The molecule has 0 radical (unpaired) electrons. The van der Waals surface area contributed by atoms with Crippen LogP contribution < -0.4 is 5.32 Å². The highest BCUT2D eigenvalue weighted by atomic mass is 32.2. The van der Waals surface area contributed by atoms with E-state index in [1.54, 1.807) is 0 Å². The fourth-order valence-corrected chi connectivity index (χ4v) is 5.92. The molecule has 0 aliphatic heterocycles. The van der Waals surface area contributed by atoms with E-state index in [1.807, 2.05) is 13.8 Å². The minimum Gasteiger partial charge on any atom is -0.462 e. The maximum Gasteiger partial charge on any atom is 0.306 e. The second kappa shape index (κ2) is 29.8. The van der Waals surface area contributed by atoms with Gasteiger partial charge in [-0.2, -0.15) is 8.42 Å². The number of carbonyl (C=O) groups is 2. The van der Waals surface area contributed by atoms with E-state index in [2.05, 4.69) is 93.4 Å². The van der Waals surface area contributed by atoms with Gasteiger partial charge in [-0.3, -0.25) is 14.1 Å². The molecule has 292 valence electrons. The van der Waals surface area contributed by atoms with Crippen LogP contribution in [0.15, 0.2) is 72.9 Å². The van der Waals surface area contributed by atoms with E-state index in [9.17, 15) is 23.1 Å². The van der Waals surface area contributed by atoms with Crippen LogP contribution in [0, 0.1) is 11.8 Å². The lowest BCUT2D eigenvalue weighted by Crippen LogP contribution is -2.29. The van der Waals surface area contributed by atoms with Crippen molar-refractivity contribution < 1.29 is 32.4 Å². The van der Waals surface area contributed by atoms with E-state index in [4.69, 9.17) is 9.29 Å². The molecule has 0 aromatic rings. The van der Waals surface area contributed by atoms with E-state index in [-0.39, 0.29) is 18.9 Å². The molecule has 0 aliphatic carbocycles. The third-order valence-electron chi connectivity index (χ3n) is 8.36. The summed E-state index contributed by atoms with van der Waals surface area (Å²) in [5.74, 6) is -0.317. The summed E-state index contributed by atoms with van der Waals surface area (Å²) in [4.78, 5) is 25.1. The van der Waals surface area contributed by atoms with Crippen molar-refractivity contribution in [1.29, 1.82) is 0 Å². The molecule has 0 aromatic carbocycles. The standard InChI is InChI=1S/C42H71NO7S/c1-7-8-9-10-11-12-13-14-15-16-17-18-19-20-21-22-23-29-41(45)50-39(34-38(4)35-40(44)43-31-32-51(47,48)49)33-37(3)27-24-26-36(2)28-25-30-42(5,6)46/h8-9,11-12,14-15,17-18,20-21,36-37,39,46H,4,7,10,13,16,19,22-35H2,1-3,5-6H3,(H,43,44)(H,47,48,49)/b9-8-,12-11-,15-14-,18-17-,21-20-/t36-,37+,39?/m0/s1. The van der Waals surface area contributed by atoms with E-state index < -0.39 is 33.5 Å².